The molecule has 8 heteroatoms. The molecule has 0 spiro atoms. The van der Waals surface area contributed by atoms with Crippen LogP contribution in [-0.2, 0) is 9.59 Å². The van der Waals surface area contributed by atoms with Crippen LogP contribution >= 0.6 is 11.3 Å². The summed E-state index contributed by atoms with van der Waals surface area (Å²) in [5.41, 5.74) is 10.2. The first kappa shape index (κ1) is 14.4. The fourth-order valence-electron chi connectivity index (χ4n) is 1.02. The summed E-state index contributed by atoms with van der Waals surface area (Å²) in [5, 5.41) is 13.8. The molecule has 7 nitrogen and oxygen atoms in total. The van der Waals surface area contributed by atoms with Gasteiger partial charge in [0.25, 0.3) is 0 Å². The normalized spacial score (nSPS) is 13.1. The van der Waals surface area contributed by atoms with Crippen molar-refractivity contribution >= 4 is 28.3 Å². The Labute approximate surface area is 108 Å². The Kier molecular flexibility index (Phi) is 4.25. The van der Waals surface area contributed by atoms with E-state index in [1.165, 1.54) is 11.3 Å². The zero-order valence-corrected chi connectivity index (χ0v) is 11.0. The summed E-state index contributed by atoms with van der Waals surface area (Å²) >= 11 is 1.23. The number of aliphatic carboxylic acids is 1. The Morgan fingerprint density at radius 2 is 2.22 bits per heavy atom. The number of nitrogens with two attached hydrogens (primary N) is 2. The average Bonchev–Trinajstić information content (AvgIpc) is 2.73. The highest BCUT2D eigenvalue weighted by atomic mass is 32.1. The van der Waals surface area contributed by atoms with Gasteiger partial charge in [-0.05, 0) is 13.8 Å². The van der Waals surface area contributed by atoms with Crippen LogP contribution in [0.4, 0.5) is 5.13 Å². The first-order chi connectivity index (χ1) is 8.24. The minimum absolute atomic E-state index is 0.284. The number of carboxylic acid groups (broad SMARTS) is 1. The van der Waals surface area contributed by atoms with Crippen LogP contribution in [0, 0.1) is 5.41 Å². The molecule has 1 rings (SSSR count). The number of primary amides is 1. The van der Waals surface area contributed by atoms with Crippen LogP contribution in [0.15, 0.2) is 5.38 Å². The van der Waals surface area contributed by atoms with Gasteiger partial charge in [-0.2, -0.15) is 0 Å². The van der Waals surface area contributed by atoms with Gasteiger partial charge in [0.05, 0.1) is 11.1 Å². The Hall–Kier alpha value is -1.67. The third kappa shape index (κ3) is 3.41. The molecule has 0 aliphatic rings. The van der Waals surface area contributed by atoms with Crippen LogP contribution in [0.1, 0.15) is 25.6 Å². The Balaban J connectivity index is 2.65. The average molecular weight is 272 g/mol. The maximum absolute atomic E-state index is 11.1. The van der Waals surface area contributed by atoms with E-state index in [1.807, 2.05) is 0 Å². The number of thiazole rings is 1. The molecular formula is C10H16N4O3S. The molecule has 18 heavy (non-hydrogen) atoms. The first-order valence-electron chi connectivity index (χ1n) is 5.21. The summed E-state index contributed by atoms with van der Waals surface area (Å²) in [6.45, 7) is 3.73. The number of amides is 1. The lowest BCUT2D eigenvalue weighted by Crippen LogP contribution is -2.37. The van der Waals surface area contributed by atoms with E-state index in [9.17, 15) is 9.59 Å². The summed E-state index contributed by atoms with van der Waals surface area (Å²) in [6.07, 6.45) is 0. The van der Waals surface area contributed by atoms with Gasteiger partial charge in [0.1, 0.15) is 6.04 Å². The van der Waals surface area contributed by atoms with Gasteiger partial charge in [-0.1, -0.05) is 0 Å². The van der Waals surface area contributed by atoms with Gasteiger partial charge < -0.3 is 21.9 Å². The van der Waals surface area contributed by atoms with E-state index in [2.05, 4.69) is 10.3 Å². The summed E-state index contributed by atoms with van der Waals surface area (Å²) < 4.78 is 0. The van der Waals surface area contributed by atoms with E-state index < -0.39 is 23.3 Å². The maximum atomic E-state index is 11.1. The standard InChI is InChI=1S/C10H16N4O3S/c1-10(2,8(12)17)4-13-9-14-5(3-18-9)6(11)7(15)16/h3,6H,4,11H2,1-2H3,(H2,12,17)(H,13,14)(H,15,16). The second-order valence-electron chi connectivity index (χ2n) is 4.50. The molecule has 0 aliphatic heterocycles. The lowest BCUT2D eigenvalue weighted by atomic mass is 9.93. The maximum Gasteiger partial charge on any atom is 0.326 e. The Morgan fingerprint density at radius 1 is 1.61 bits per heavy atom. The summed E-state index contributed by atoms with van der Waals surface area (Å²) in [4.78, 5) is 25.8. The molecule has 1 unspecified atom stereocenters. The number of carboxylic acids is 1. The lowest BCUT2D eigenvalue weighted by Gasteiger charge is -2.20. The van der Waals surface area contributed by atoms with Crippen molar-refractivity contribution < 1.29 is 14.7 Å². The van der Waals surface area contributed by atoms with Crippen LogP contribution in [0.5, 0.6) is 0 Å². The number of hydrogen-bond acceptors (Lipinski definition) is 6. The molecule has 0 fully saturated rings. The highest BCUT2D eigenvalue weighted by molar-refractivity contribution is 7.13. The van der Waals surface area contributed by atoms with Crippen molar-refractivity contribution in [1.82, 2.24) is 4.98 Å². The van der Waals surface area contributed by atoms with Gasteiger partial charge in [-0.25, -0.2) is 4.98 Å². The second-order valence-corrected chi connectivity index (χ2v) is 5.35. The van der Waals surface area contributed by atoms with Gasteiger partial charge in [0.15, 0.2) is 5.13 Å². The largest absolute Gasteiger partial charge is 0.480 e. The molecule has 0 bridgehead atoms. The third-order valence-corrected chi connectivity index (χ3v) is 3.27. The predicted octanol–water partition coefficient (Wildman–Crippen LogP) is 0.151. The monoisotopic (exact) mass is 272 g/mol. The third-order valence-electron chi connectivity index (χ3n) is 2.46. The van der Waals surface area contributed by atoms with Crippen LogP contribution in [0.25, 0.3) is 0 Å². The van der Waals surface area contributed by atoms with Gasteiger partial charge >= 0.3 is 5.97 Å². The number of anilines is 1. The fraction of sp³-hybridized carbons (Fsp3) is 0.500. The molecular weight excluding hydrogens is 256 g/mol. The highest BCUT2D eigenvalue weighted by Crippen LogP contribution is 2.22. The van der Waals surface area contributed by atoms with Gasteiger partial charge in [0, 0.05) is 11.9 Å². The lowest BCUT2D eigenvalue weighted by molar-refractivity contribution is -0.138. The predicted molar refractivity (Wildman–Crippen MR) is 68.1 cm³/mol. The molecule has 6 N–H and O–H groups in total. The van der Waals surface area contributed by atoms with Crippen molar-refractivity contribution in [2.45, 2.75) is 19.9 Å². The fourth-order valence-corrected chi connectivity index (χ4v) is 1.77. The van der Waals surface area contributed by atoms with Crippen LogP contribution in [-0.4, -0.2) is 28.5 Å². The number of rotatable bonds is 6. The molecule has 0 radical (unpaired) electrons. The molecule has 1 aromatic rings. The second kappa shape index (κ2) is 5.32. The van der Waals surface area contributed by atoms with E-state index in [4.69, 9.17) is 16.6 Å². The molecule has 1 aromatic heterocycles. The molecule has 100 valence electrons. The van der Waals surface area contributed by atoms with Crippen molar-refractivity contribution in [2.24, 2.45) is 16.9 Å². The van der Waals surface area contributed by atoms with Gasteiger partial charge in [-0.3, -0.25) is 9.59 Å². The van der Waals surface area contributed by atoms with E-state index in [1.54, 1.807) is 19.2 Å². The molecule has 0 aromatic carbocycles. The Bertz CT molecular complexity index is 458. The number of nitrogens with zero attached hydrogens (tertiary/aromatic N) is 1. The zero-order chi connectivity index (χ0) is 13.9. The quantitative estimate of drug-likeness (QED) is 0.583. The van der Waals surface area contributed by atoms with Crippen LogP contribution in [0.3, 0.4) is 0 Å². The first-order valence-corrected chi connectivity index (χ1v) is 6.09. The number of carbonyl (C=O) groups is 2. The zero-order valence-electron chi connectivity index (χ0n) is 10.1. The van der Waals surface area contributed by atoms with Gasteiger partial charge in [-0.15, -0.1) is 11.3 Å². The van der Waals surface area contributed by atoms with E-state index in [0.717, 1.165) is 0 Å². The molecule has 0 saturated carbocycles. The van der Waals surface area contributed by atoms with Crippen LogP contribution in [0.2, 0.25) is 0 Å². The molecule has 1 heterocycles. The molecule has 0 aliphatic carbocycles. The number of nitrogens with one attached hydrogen (secondary N) is 1. The minimum atomic E-state index is -1.14. The highest BCUT2D eigenvalue weighted by Gasteiger charge is 2.25. The number of aromatic nitrogens is 1. The van der Waals surface area contributed by atoms with E-state index in [0.29, 0.717) is 11.7 Å². The molecule has 1 atom stereocenters. The Morgan fingerprint density at radius 3 is 2.72 bits per heavy atom. The molecule has 1 amide bonds. The van der Waals surface area contributed by atoms with Crippen molar-refractivity contribution in [1.29, 1.82) is 0 Å². The van der Waals surface area contributed by atoms with Gasteiger partial charge in [0.2, 0.25) is 5.91 Å². The van der Waals surface area contributed by atoms with Crippen molar-refractivity contribution in [2.75, 3.05) is 11.9 Å². The SMILES string of the molecule is CC(C)(CNc1nc(C(N)C(=O)O)cs1)C(N)=O. The summed E-state index contributed by atoms with van der Waals surface area (Å²) in [5.74, 6) is -1.56. The summed E-state index contributed by atoms with van der Waals surface area (Å²) in [6, 6.07) is -1.14. The van der Waals surface area contributed by atoms with E-state index >= 15 is 0 Å². The summed E-state index contributed by atoms with van der Waals surface area (Å²) in [7, 11) is 0. The van der Waals surface area contributed by atoms with Crippen molar-refractivity contribution in [3.63, 3.8) is 0 Å². The van der Waals surface area contributed by atoms with Crippen molar-refractivity contribution in [3.8, 4) is 0 Å². The number of hydrogen-bond donors (Lipinski definition) is 4. The smallest absolute Gasteiger partial charge is 0.326 e. The van der Waals surface area contributed by atoms with E-state index in [-0.39, 0.29) is 5.69 Å². The number of carbonyl (C=O) groups excluding carboxylic acids is 1. The van der Waals surface area contributed by atoms with Crippen molar-refractivity contribution in [3.05, 3.63) is 11.1 Å². The molecule has 0 saturated heterocycles. The topological polar surface area (TPSA) is 131 Å². The minimum Gasteiger partial charge on any atom is -0.480 e. The van der Waals surface area contributed by atoms with Crippen LogP contribution < -0.4 is 16.8 Å².